The number of carbonyl (C=O) groups is 2. The number of hydrogen-bond donors (Lipinski definition) is 3. The van der Waals surface area contributed by atoms with Gasteiger partial charge in [-0.15, -0.1) is 0 Å². The SMILES string of the molecule is NC(=O)[C@@H]1CCC[NH+](CC(=O)Nc2cc(C(F)(F)F)ccc2N2CCCC2)C1. The number of hydrogen-bond acceptors (Lipinski definition) is 3. The zero-order valence-electron chi connectivity index (χ0n) is 15.6. The molecular formula is C19H26F3N4O2+. The van der Waals surface area contributed by atoms with E-state index in [9.17, 15) is 22.8 Å². The van der Waals surface area contributed by atoms with Gasteiger partial charge < -0.3 is 20.9 Å². The maximum absolute atomic E-state index is 13.1. The van der Waals surface area contributed by atoms with Crippen LogP contribution in [0.15, 0.2) is 18.2 Å². The zero-order valence-corrected chi connectivity index (χ0v) is 15.6. The highest BCUT2D eigenvalue weighted by Gasteiger charge is 2.32. The molecule has 3 rings (SSSR count). The highest BCUT2D eigenvalue weighted by molar-refractivity contribution is 5.95. The average molecular weight is 399 g/mol. The molecule has 1 unspecified atom stereocenters. The summed E-state index contributed by atoms with van der Waals surface area (Å²) >= 11 is 0. The van der Waals surface area contributed by atoms with Gasteiger partial charge in [-0.1, -0.05) is 0 Å². The number of likely N-dealkylation sites (tertiary alicyclic amines) is 1. The Bertz CT molecular complexity index is 732. The third-order valence-electron chi connectivity index (χ3n) is 5.48. The molecule has 0 spiro atoms. The number of piperidine rings is 1. The van der Waals surface area contributed by atoms with Crippen molar-refractivity contribution in [3.05, 3.63) is 23.8 Å². The Morgan fingerprint density at radius 2 is 1.93 bits per heavy atom. The van der Waals surface area contributed by atoms with Crippen molar-refractivity contribution in [2.45, 2.75) is 31.9 Å². The Balaban J connectivity index is 1.73. The normalized spacial score (nSPS) is 22.9. The number of halogens is 3. The second kappa shape index (κ2) is 8.38. The quantitative estimate of drug-likeness (QED) is 0.692. The van der Waals surface area contributed by atoms with Gasteiger partial charge in [0, 0.05) is 13.1 Å². The van der Waals surface area contributed by atoms with Crippen LogP contribution < -0.4 is 20.9 Å². The number of rotatable bonds is 5. The van der Waals surface area contributed by atoms with Gasteiger partial charge in [-0.2, -0.15) is 13.2 Å². The summed E-state index contributed by atoms with van der Waals surface area (Å²) < 4.78 is 39.4. The van der Waals surface area contributed by atoms with Crippen LogP contribution in [0.1, 0.15) is 31.2 Å². The number of nitrogens with two attached hydrogens (primary N) is 1. The van der Waals surface area contributed by atoms with E-state index in [0.717, 1.165) is 55.9 Å². The fourth-order valence-corrected chi connectivity index (χ4v) is 4.02. The van der Waals surface area contributed by atoms with E-state index >= 15 is 0 Å². The van der Waals surface area contributed by atoms with E-state index in [1.165, 1.54) is 6.07 Å². The van der Waals surface area contributed by atoms with E-state index in [4.69, 9.17) is 5.73 Å². The van der Waals surface area contributed by atoms with Gasteiger partial charge in [0.05, 0.1) is 35.9 Å². The number of alkyl halides is 3. The highest BCUT2D eigenvalue weighted by atomic mass is 19.4. The first kappa shape index (κ1) is 20.4. The lowest BCUT2D eigenvalue weighted by Gasteiger charge is -2.28. The van der Waals surface area contributed by atoms with Crippen LogP contribution in [0.25, 0.3) is 0 Å². The van der Waals surface area contributed by atoms with E-state index in [-0.39, 0.29) is 30.0 Å². The Hall–Kier alpha value is -2.29. The third-order valence-corrected chi connectivity index (χ3v) is 5.48. The molecule has 0 aliphatic carbocycles. The first-order valence-electron chi connectivity index (χ1n) is 9.63. The first-order chi connectivity index (χ1) is 13.2. The summed E-state index contributed by atoms with van der Waals surface area (Å²) in [5.41, 5.74) is 5.38. The number of quaternary nitrogens is 1. The molecule has 2 saturated heterocycles. The molecule has 2 atom stereocenters. The Morgan fingerprint density at radius 1 is 1.21 bits per heavy atom. The lowest BCUT2D eigenvalue weighted by atomic mass is 9.97. The van der Waals surface area contributed by atoms with Gasteiger partial charge in [0.25, 0.3) is 5.91 Å². The number of amides is 2. The fraction of sp³-hybridized carbons (Fsp3) is 0.579. The second-order valence-corrected chi connectivity index (χ2v) is 7.59. The number of benzene rings is 1. The van der Waals surface area contributed by atoms with Crippen LogP contribution in [-0.2, 0) is 15.8 Å². The second-order valence-electron chi connectivity index (χ2n) is 7.59. The largest absolute Gasteiger partial charge is 0.416 e. The number of nitrogens with one attached hydrogen (secondary N) is 2. The maximum atomic E-state index is 13.1. The standard InChI is InChI=1S/C19H25F3N4O2/c20-19(21,22)14-5-6-16(26-8-1-2-9-26)15(10-14)24-17(27)12-25-7-3-4-13(11-25)18(23)28/h5-6,10,13H,1-4,7-9,11-12H2,(H2,23,28)(H,24,27)/p+1/t13-/m1/s1. The van der Waals surface area contributed by atoms with Crippen LogP contribution in [0.5, 0.6) is 0 Å². The fourth-order valence-electron chi connectivity index (χ4n) is 4.02. The summed E-state index contributed by atoms with van der Waals surface area (Å²) in [6, 6.07) is 3.49. The van der Waals surface area contributed by atoms with Crippen LogP contribution in [0.4, 0.5) is 24.5 Å². The minimum absolute atomic E-state index is 0.0967. The van der Waals surface area contributed by atoms with Crippen molar-refractivity contribution in [1.29, 1.82) is 0 Å². The summed E-state index contributed by atoms with van der Waals surface area (Å²) in [4.78, 5) is 26.8. The predicted molar refractivity (Wildman–Crippen MR) is 99.0 cm³/mol. The molecule has 154 valence electrons. The molecule has 0 radical (unpaired) electrons. The van der Waals surface area contributed by atoms with Gasteiger partial charge in [-0.3, -0.25) is 9.59 Å². The summed E-state index contributed by atoms with van der Waals surface area (Å²) in [6.07, 6.45) is -1.02. The molecular weight excluding hydrogens is 373 g/mol. The summed E-state index contributed by atoms with van der Waals surface area (Å²) in [7, 11) is 0. The van der Waals surface area contributed by atoms with E-state index in [2.05, 4.69) is 5.32 Å². The molecule has 2 amide bonds. The van der Waals surface area contributed by atoms with E-state index < -0.39 is 11.7 Å². The topological polar surface area (TPSA) is 79.9 Å². The minimum atomic E-state index is -4.48. The van der Waals surface area contributed by atoms with Crippen molar-refractivity contribution in [1.82, 2.24) is 0 Å². The molecule has 28 heavy (non-hydrogen) atoms. The molecule has 2 heterocycles. The maximum Gasteiger partial charge on any atom is 0.416 e. The molecule has 2 fully saturated rings. The molecule has 2 aliphatic heterocycles. The Morgan fingerprint density at radius 3 is 2.57 bits per heavy atom. The third kappa shape index (κ3) is 4.95. The summed E-state index contributed by atoms with van der Waals surface area (Å²) in [5, 5.41) is 2.67. The van der Waals surface area contributed by atoms with Crippen LogP contribution in [0.2, 0.25) is 0 Å². The van der Waals surface area contributed by atoms with Gasteiger partial charge >= 0.3 is 6.18 Å². The minimum Gasteiger partial charge on any atom is -0.370 e. The monoisotopic (exact) mass is 399 g/mol. The molecule has 9 heteroatoms. The predicted octanol–water partition coefficient (Wildman–Crippen LogP) is 1.02. The van der Waals surface area contributed by atoms with E-state index in [1.807, 2.05) is 4.90 Å². The van der Waals surface area contributed by atoms with Crippen LogP contribution in [-0.4, -0.2) is 44.5 Å². The molecule has 4 N–H and O–H groups in total. The van der Waals surface area contributed by atoms with Crippen molar-refractivity contribution in [2.75, 3.05) is 42.9 Å². The molecule has 0 bridgehead atoms. The Kier molecular flexibility index (Phi) is 6.12. The van der Waals surface area contributed by atoms with E-state index in [1.54, 1.807) is 0 Å². The molecule has 2 aliphatic rings. The van der Waals surface area contributed by atoms with Crippen molar-refractivity contribution in [3.63, 3.8) is 0 Å². The lowest BCUT2D eigenvalue weighted by Crippen LogP contribution is -3.14. The van der Waals surface area contributed by atoms with Crippen molar-refractivity contribution < 1.29 is 27.7 Å². The molecule has 6 nitrogen and oxygen atoms in total. The molecule has 0 aromatic heterocycles. The van der Waals surface area contributed by atoms with Crippen LogP contribution in [0, 0.1) is 5.92 Å². The summed E-state index contributed by atoms with van der Waals surface area (Å²) in [6.45, 7) is 2.82. The van der Waals surface area contributed by atoms with Crippen molar-refractivity contribution in [3.8, 4) is 0 Å². The van der Waals surface area contributed by atoms with Gasteiger partial charge in [0.15, 0.2) is 6.54 Å². The molecule has 1 aromatic rings. The highest BCUT2D eigenvalue weighted by Crippen LogP contribution is 2.36. The van der Waals surface area contributed by atoms with Crippen molar-refractivity contribution in [2.24, 2.45) is 11.7 Å². The molecule has 1 aromatic carbocycles. The van der Waals surface area contributed by atoms with Gasteiger partial charge in [-0.25, -0.2) is 0 Å². The number of anilines is 2. The lowest BCUT2D eigenvalue weighted by molar-refractivity contribution is -0.899. The summed E-state index contributed by atoms with van der Waals surface area (Å²) in [5.74, 6) is -0.989. The smallest absolute Gasteiger partial charge is 0.370 e. The van der Waals surface area contributed by atoms with Crippen LogP contribution >= 0.6 is 0 Å². The van der Waals surface area contributed by atoms with Crippen LogP contribution in [0.3, 0.4) is 0 Å². The average Bonchev–Trinajstić information content (AvgIpc) is 3.15. The van der Waals surface area contributed by atoms with Gasteiger partial charge in [0.1, 0.15) is 0 Å². The molecule has 0 saturated carbocycles. The van der Waals surface area contributed by atoms with E-state index in [0.29, 0.717) is 18.7 Å². The number of primary amides is 1. The van der Waals surface area contributed by atoms with Gasteiger partial charge in [-0.05, 0) is 43.9 Å². The van der Waals surface area contributed by atoms with Crippen molar-refractivity contribution >= 4 is 23.2 Å². The zero-order chi connectivity index (χ0) is 20.3. The first-order valence-corrected chi connectivity index (χ1v) is 9.63. The van der Waals surface area contributed by atoms with Gasteiger partial charge in [0.2, 0.25) is 5.91 Å². The number of carbonyl (C=O) groups excluding carboxylic acids is 2. The Labute approximate surface area is 161 Å². The number of nitrogens with zero attached hydrogens (tertiary/aromatic N) is 1.